The highest BCUT2D eigenvalue weighted by molar-refractivity contribution is 5.79. The molecule has 146 valence electrons. The molecule has 0 aliphatic carbocycles. The number of rotatable bonds is 6. The highest BCUT2D eigenvalue weighted by Crippen LogP contribution is 2.31. The van der Waals surface area contributed by atoms with Crippen LogP contribution < -0.4 is 5.32 Å². The van der Waals surface area contributed by atoms with Crippen LogP contribution in [0.4, 0.5) is 0 Å². The van der Waals surface area contributed by atoms with Gasteiger partial charge < -0.3 is 5.32 Å². The Morgan fingerprint density at radius 1 is 1.25 bits per heavy atom. The van der Waals surface area contributed by atoms with Gasteiger partial charge in [0.15, 0.2) is 5.65 Å². The predicted molar refractivity (Wildman–Crippen MR) is 108 cm³/mol. The molecule has 1 aliphatic rings. The second kappa shape index (κ2) is 8.48. The summed E-state index contributed by atoms with van der Waals surface area (Å²) in [7, 11) is 0. The number of pyridine rings is 2. The van der Waals surface area contributed by atoms with Gasteiger partial charge in [0, 0.05) is 56.5 Å². The molecule has 28 heavy (non-hydrogen) atoms. The van der Waals surface area contributed by atoms with Gasteiger partial charge in [-0.2, -0.15) is 5.10 Å². The SMILES string of the molecule is CC(=O)NCCn1nc([C@H]2CCCN(Cc3ccncc3)C2)c2cccnc21. The third-order valence-electron chi connectivity index (χ3n) is 5.28. The van der Waals surface area contributed by atoms with Crippen molar-refractivity contribution < 1.29 is 4.79 Å². The highest BCUT2D eigenvalue weighted by atomic mass is 16.1. The van der Waals surface area contributed by atoms with Crippen LogP contribution in [0.5, 0.6) is 0 Å². The molecule has 0 saturated carbocycles. The minimum atomic E-state index is -0.0244. The van der Waals surface area contributed by atoms with Crippen LogP contribution in [-0.4, -0.2) is 50.2 Å². The Bertz CT molecular complexity index is 938. The van der Waals surface area contributed by atoms with Crippen molar-refractivity contribution in [3.05, 3.63) is 54.1 Å². The van der Waals surface area contributed by atoms with Crippen molar-refractivity contribution in [1.29, 1.82) is 0 Å². The van der Waals surface area contributed by atoms with Crippen LogP contribution >= 0.6 is 0 Å². The Labute approximate surface area is 164 Å². The number of nitrogens with one attached hydrogen (secondary N) is 1. The van der Waals surface area contributed by atoms with Gasteiger partial charge in [-0.15, -0.1) is 0 Å². The van der Waals surface area contributed by atoms with Crippen molar-refractivity contribution in [1.82, 2.24) is 30.0 Å². The van der Waals surface area contributed by atoms with E-state index in [1.807, 2.05) is 23.1 Å². The quantitative estimate of drug-likeness (QED) is 0.713. The fourth-order valence-electron chi connectivity index (χ4n) is 4.00. The summed E-state index contributed by atoms with van der Waals surface area (Å²) in [5.74, 6) is 0.369. The summed E-state index contributed by atoms with van der Waals surface area (Å²) >= 11 is 0. The number of aromatic nitrogens is 4. The number of amides is 1. The van der Waals surface area contributed by atoms with E-state index in [2.05, 4.69) is 38.4 Å². The highest BCUT2D eigenvalue weighted by Gasteiger charge is 2.26. The van der Waals surface area contributed by atoms with E-state index in [9.17, 15) is 4.79 Å². The minimum Gasteiger partial charge on any atom is -0.354 e. The van der Waals surface area contributed by atoms with Gasteiger partial charge in [0.2, 0.25) is 5.91 Å². The van der Waals surface area contributed by atoms with Gasteiger partial charge in [-0.05, 0) is 49.2 Å². The Morgan fingerprint density at radius 2 is 2.11 bits per heavy atom. The summed E-state index contributed by atoms with van der Waals surface area (Å²) in [6.45, 7) is 5.76. The molecule has 0 bridgehead atoms. The van der Waals surface area contributed by atoms with Gasteiger partial charge in [-0.25, -0.2) is 9.67 Å². The third kappa shape index (κ3) is 4.20. The number of likely N-dealkylation sites (tertiary alicyclic amines) is 1. The van der Waals surface area contributed by atoms with E-state index in [0.29, 0.717) is 19.0 Å². The molecule has 1 atom stereocenters. The first-order chi connectivity index (χ1) is 13.7. The lowest BCUT2D eigenvalue weighted by Gasteiger charge is -2.32. The van der Waals surface area contributed by atoms with Crippen molar-refractivity contribution in [3.63, 3.8) is 0 Å². The van der Waals surface area contributed by atoms with Gasteiger partial charge in [0.25, 0.3) is 0 Å². The van der Waals surface area contributed by atoms with E-state index >= 15 is 0 Å². The lowest BCUT2D eigenvalue weighted by atomic mass is 9.93. The van der Waals surface area contributed by atoms with Gasteiger partial charge in [0.1, 0.15) is 0 Å². The molecular weight excluding hydrogens is 352 g/mol. The Kier molecular flexibility index (Phi) is 5.62. The molecule has 3 aromatic heterocycles. The fraction of sp³-hybridized carbons (Fsp3) is 0.429. The molecule has 4 rings (SSSR count). The first-order valence-electron chi connectivity index (χ1n) is 9.88. The molecule has 7 nitrogen and oxygen atoms in total. The molecule has 1 aliphatic heterocycles. The zero-order chi connectivity index (χ0) is 19.3. The van der Waals surface area contributed by atoms with Crippen molar-refractivity contribution in [2.75, 3.05) is 19.6 Å². The van der Waals surface area contributed by atoms with E-state index < -0.39 is 0 Å². The zero-order valence-electron chi connectivity index (χ0n) is 16.2. The van der Waals surface area contributed by atoms with Crippen molar-refractivity contribution >= 4 is 16.9 Å². The molecule has 1 saturated heterocycles. The molecule has 4 heterocycles. The molecule has 0 radical (unpaired) electrons. The summed E-state index contributed by atoms with van der Waals surface area (Å²) < 4.78 is 1.93. The first kappa shape index (κ1) is 18.6. The maximum absolute atomic E-state index is 11.2. The fourth-order valence-corrected chi connectivity index (χ4v) is 4.00. The third-order valence-corrected chi connectivity index (χ3v) is 5.28. The number of carbonyl (C=O) groups excluding carboxylic acids is 1. The molecule has 0 aromatic carbocycles. The smallest absolute Gasteiger partial charge is 0.216 e. The van der Waals surface area contributed by atoms with Crippen LogP contribution in [0.2, 0.25) is 0 Å². The molecule has 1 N–H and O–H groups in total. The Hall–Kier alpha value is -2.80. The number of hydrogen-bond donors (Lipinski definition) is 1. The summed E-state index contributed by atoms with van der Waals surface area (Å²) in [5.41, 5.74) is 3.32. The molecule has 7 heteroatoms. The van der Waals surface area contributed by atoms with Gasteiger partial charge >= 0.3 is 0 Å². The standard InChI is InChI=1S/C21H26N6O/c1-16(28)23-11-13-27-21-19(5-2-8-24-21)20(25-27)18-4-3-12-26(15-18)14-17-6-9-22-10-7-17/h2,5-10,18H,3-4,11-15H2,1H3,(H,23,28)/t18-/m0/s1. The lowest BCUT2D eigenvalue weighted by molar-refractivity contribution is -0.118. The van der Waals surface area contributed by atoms with E-state index in [1.54, 1.807) is 6.20 Å². The van der Waals surface area contributed by atoms with E-state index in [-0.39, 0.29) is 5.91 Å². The van der Waals surface area contributed by atoms with Crippen LogP contribution in [0.3, 0.4) is 0 Å². The minimum absolute atomic E-state index is 0.0244. The molecule has 1 fully saturated rings. The lowest BCUT2D eigenvalue weighted by Crippen LogP contribution is -2.34. The largest absolute Gasteiger partial charge is 0.354 e. The molecule has 0 spiro atoms. The Balaban J connectivity index is 1.53. The van der Waals surface area contributed by atoms with Gasteiger partial charge in [-0.3, -0.25) is 14.7 Å². The van der Waals surface area contributed by atoms with E-state index in [1.165, 1.54) is 12.5 Å². The number of piperidine rings is 1. The van der Waals surface area contributed by atoms with Gasteiger partial charge in [-0.1, -0.05) is 0 Å². The summed E-state index contributed by atoms with van der Waals surface area (Å²) in [4.78, 5) is 22.3. The average molecular weight is 378 g/mol. The van der Waals surface area contributed by atoms with E-state index in [0.717, 1.165) is 49.2 Å². The van der Waals surface area contributed by atoms with Crippen molar-refractivity contribution in [2.45, 2.75) is 38.8 Å². The van der Waals surface area contributed by atoms with Crippen LogP contribution in [0, 0.1) is 0 Å². The topological polar surface area (TPSA) is 75.9 Å². The van der Waals surface area contributed by atoms with Crippen LogP contribution in [0.15, 0.2) is 42.9 Å². The summed E-state index contributed by atoms with van der Waals surface area (Å²) in [6, 6.07) is 8.25. The van der Waals surface area contributed by atoms with E-state index in [4.69, 9.17) is 5.10 Å². The second-order valence-electron chi connectivity index (χ2n) is 7.40. The number of nitrogens with zero attached hydrogens (tertiary/aromatic N) is 5. The summed E-state index contributed by atoms with van der Waals surface area (Å²) in [5, 5.41) is 8.88. The number of hydrogen-bond acceptors (Lipinski definition) is 5. The monoisotopic (exact) mass is 378 g/mol. The zero-order valence-corrected chi connectivity index (χ0v) is 16.2. The number of carbonyl (C=O) groups is 1. The Morgan fingerprint density at radius 3 is 2.93 bits per heavy atom. The van der Waals surface area contributed by atoms with Crippen LogP contribution in [-0.2, 0) is 17.9 Å². The predicted octanol–water partition coefficient (Wildman–Crippen LogP) is 2.34. The summed E-state index contributed by atoms with van der Waals surface area (Å²) in [6.07, 6.45) is 7.81. The molecule has 0 unspecified atom stereocenters. The average Bonchev–Trinajstić information content (AvgIpc) is 3.08. The van der Waals surface area contributed by atoms with Crippen LogP contribution in [0.25, 0.3) is 11.0 Å². The maximum atomic E-state index is 11.2. The normalized spacial score (nSPS) is 17.7. The van der Waals surface area contributed by atoms with Crippen LogP contribution in [0.1, 0.15) is 36.9 Å². The van der Waals surface area contributed by atoms with Crippen molar-refractivity contribution in [2.24, 2.45) is 0 Å². The first-order valence-corrected chi connectivity index (χ1v) is 9.88. The van der Waals surface area contributed by atoms with Crippen molar-refractivity contribution in [3.8, 4) is 0 Å². The molecule has 1 amide bonds. The molecular formula is C21H26N6O. The number of fused-ring (bicyclic) bond motifs is 1. The molecule has 3 aromatic rings. The van der Waals surface area contributed by atoms with Gasteiger partial charge in [0.05, 0.1) is 12.2 Å². The second-order valence-corrected chi connectivity index (χ2v) is 7.40. The maximum Gasteiger partial charge on any atom is 0.216 e.